The van der Waals surface area contributed by atoms with E-state index in [2.05, 4.69) is 10.4 Å². The third kappa shape index (κ3) is 4.55. The number of hydrogen-bond acceptors (Lipinski definition) is 4. The molecule has 33 heavy (non-hydrogen) atoms. The van der Waals surface area contributed by atoms with Gasteiger partial charge in [-0.05, 0) is 31.5 Å². The summed E-state index contributed by atoms with van der Waals surface area (Å²) in [4.78, 5) is 25.1. The molecule has 12 heteroatoms. The van der Waals surface area contributed by atoms with E-state index < -0.39 is 41.1 Å². The molecule has 3 aromatic rings. The molecular weight excluding hydrogens is 451 g/mol. The maximum absolute atomic E-state index is 14.2. The van der Waals surface area contributed by atoms with Crippen LogP contribution in [0.25, 0.3) is 11.0 Å². The van der Waals surface area contributed by atoms with Crippen molar-refractivity contribution in [3.05, 3.63) is 57.5 Å². The predicted octanol–water partition coefficient (Wildman–Crippen LogP) is 3.51. The minimum Gasteiger partial charge on any atom is -0.497 e. The van der Waals surface area contributed by atoms with E-state index >= 15 is 0 Å². The molecule has 7 nitrogen and oxygen atoms in total. The molecular formula is C21H21F5N4O3. The van der Waals surface area contributed by atoms with Crippen LogP contribution in [0.3, 0.4) is 0 Å². The van der Waals surface area contributed by atoms with Gasteiger partial charge in [0.1, 0.15) is 17.9 Å². The molecule has 0 aliphatic carbocycles. The van der Waals surface area contributed by atoms with Crippen LogP contribution in [0.4, 0.5) is 22.0 Å². The van der Waals surface area contributed by atoms with Gasteiger partial charge < -0.3 is 10.1 Å². The average molecular weight is 472 g/mol. The summed E-state index contributed by atoms with van der Waals surface area (Å²) in [6.07, 6.45) is -5.91. The number of ether oxygens (including phenoxy) is 1. The first kappa shape index (κ1) is 24.2. The molecule has 0 atom stereocenters. The van der Waals surface area contributed by atoms with Crippen molar-refractivity contribution in [1.29, 1.82) is 0 Å². The standard InChI is InChI=1S/C21H21F5N4O3/c1-4-30-19-18(12(2)28-30)15(20(22,23)21(24,25)26)9-17(32)29(19)11-16(31)27-10-13-5-7-14(33-3)8-6-13/h5-9H,4,10-11H2,1-3H3,(H,27,31). The third-order valence-electron chi connectivity index (χ3n) is 5.10. The summed E-state index contributed by atoms with van der Waals surface area (Å²) in [5, 5.41) is 6.08. The molecule has 0 saturated carbocycles. The summed E-state index contributed by atoms with van der Waals surface area (Å²) >= 11 is 0. The average Bonchev–Trinajstić information content (AvgIpc) is 3.09. The molecule has 2 heterocycles. The highest BCUT2D eigenvalue weighted by atomic mass is 19.4. The number of rotatable bonds is 7. The number of alkyl halides is 5. The Labute approximate surface area is 184 Å². The molecule has 0 spiro atoms. The summed E-state index contributed by atoms with van der Waals surface area (Å²) in [6, 6.07) is 7.04. The van der Waals surface area contributed by atoms with Gasteiger partial charge in [0.05, 0.1) is 12.8 Å². The zero-order valence-electron chi connectivity index (χ0n) is 18.0. The van der Waals surface area contributed by atoms with Crippen LogP contribution in [0.1, 0.15) is 23.7 Å². The van der Waals surface area contributed by atoms with Crippen LogP contribution in [0.5, 0.6) is 5.75 Å². The van der Waals surface area contributed by atoms with E-state index in [1.807, 2.05) is 0 Å². The smallest absolute Gasteiger partial charge is 0.458 e. The van der Waals surface area contributed by atoms with Crippen molar-refractivity contribution in [1.82, 2.24) is 19.7 Å². The monoisotopic (exact) mass is 472 g/mol. The molecule has 0 bridgehead atoms. The number of methoxy groups -OCH3 is 1. The topological polar surface area (TPSA) is 78.2 Å². The minimum atomic E-state index is -5.91. The zero-order chi connectivity index (χ0) is 24.6. The lowest BCUT2D eigenvalue weighted by molar-refractivity contribution is -0.288. The van der Waals surface area contributed by atoms with Crippen LogP contribution in [-0.2, 0) is 30.4 Å². The number of fused-ring (bicyclic) bond motifs is 1. The summed E-state index contributed by atoms with van der Waals surface area (Å²) in [5.41, 5.74) is -2.31. The normalized spacial score (nSPS) is 12.2. The number of benzene rings is 1. The fourth-order valence-electron chi connectivity index (χ4n) is 3.45. The second kappa shape index (κ2) is 8.83. The predicted molar refractivity (Wildman–Crippen MR) is 109 cm³/mol. The summed E-state index contributed by atoms with van der Waals surface area (Å²) < 4.78 is 74.6. The quantitative estimate of drug-likeness (QED) is 0.534. The molecule has 1 N–H and O–H groups in total. The first-order valence-electron chi connectivity index (χ1n) is 9.86. The Bertz CT molecular complexity index is 1230. The van der Waals surface area contributed by atoms with Gasteiger partial charge in [-0.15, -0.1) is 0 Å². The van der Waals surface area contributed by atoms with Gasteiger partial charge in [-0.3, -0.25) is 14.2 Å². The Hall–Kier alpha value is -3.44. The number of amides is 1. The molecule has 2 aromatic heterocycles. The summed E-state index contributed by atoms with van der Waals surface area (Å²) in [6.45, 7) is 2.45. The molecule has 3 rings (SSSR count). The Morgan fingerprint density at radius 1 is 1.15 bits per heavy atom. The highest BCUT2D eigenvalue weighted by Gasteiger charge is 2.60. The van der Waals surface area contributed by atoms with Crippen molar-refractivity contribution in [2.45, 2.75) is 45.6 Å². The Morgan fingerprint density at radius 2 is 1.79 bits per heavy atom. The molecule has 0 radical (unpaired) electrons. The van der Waals surface area contributed by atoms with E-state index in [0.29, 0.717) is 5.75 Å². The fraction of sp³-hybridized carbons (Fsp3) is 0.381. The van der Waals surface area contributed by atoms with Crippen molar-refractivity contribution in [3.63, 3.8) is 0 Å². The largest absolute Gasteiger partial charge is 0.497 e. The van der Waals surface area contributed by atoms with Crippen molar-refractivity contribution in [2.24, 2.45) is 0 Å². The second-order valence-electron chi connectivity index (χ2n) is 7.28. The molecule has 1 amide bonds. The fourth-order valence-corrected chi connectivity index (χ4v) is 3.45. The summed E-state index contributed by atoms with van der Waals surface area (Å²) in [5.74, 6) is -5.28. The third-order valence-corrected chi connectivity index (χ3v) is 5.10. The Morgan fingerprint density at radius 3 is 2.33 bits per heavy atom. The molecule has 0 saturated heterocycles. The van der Waals surface area contributed by atoms with Crippen molar-refractivity contribution < 1.29 is 31.5 Å². The van der Waals surface area contributed by atoms with Gasteiger partial charge in [-0.25, -0.2) is 4.68 Å². The molecule has 0 aliphatic heterocycles. The number of nitrogens with one attached hydrogen (secondary N) is 1. The van der Waals surface area contributed by atoms with Crippen molar-refractivity contribution >= 4 is 16.9 Å². The number of carbonyl (C=O) groups is 1. The number of nitrogens with zero attached hydrogens (tertiary/aromatic N) is 3. The van der Waals surface area contributed by atoms with E-state index in [4.69, 9.17) is 4.74 Å². The maximum Gasteiger partial charge on any atom is 0.458 e. The van der Waals surface area contributed by atoms with E-state index in [1.54, 1.807) is 31.2 Å². The summed E-state index contributed by atoms with van der Waals surface area (Å²) in [7, 11) is 1.51. The molecule has 0 unspecified atom stereocenters. The van der Waals surface area contributed by atoms with Crippen LogP contribution in [0.15, 0.2) is 35.1 Å². The van der Waals surface area contributed by atoms with Crippen LogP contribution in [0.2, 0.25) is 0 Å². The van der Waals surface area contributed by atoms with Gasteiger partial charge in [0.2, 0.25) is 5.91 Å². The van der Waals surface area contributed by atoms with E-state index in [-0.39, 0.29) is 30.5 Å². The second-order valence-corrected chi connectivity index (χ2v) is 7.28. The van der Waals surface area contributed by atoms with Crippen LogP contribution < -0.4 is 15.6 Å². The molecule has 0 aliphatic rings. The highest BCUT2D eigenvalue weighted by Crippen LogP contribution is 2.46. The van der Waals surface area contributed by atoms with E-state index in [0.717, 1.165) is 14.8 Å². The van der Waals surface area contributed by atoms with E-state index in [9.17, 15) is 31.5 Å². The maximum atomic E-state index is 14.2. The van der Waals surface area contributed by atoms with Crippen LogP contribution in [0, 0.1) is 6.92 Å². The van der Waals surface area contributed by atoms with Gasteiger partial charge in [0.25, 0.3) is 5.56 Å². The molecule has 1 aromatic carbocycles. The Kier molecular flexibility index (Phi) is 6.48. The lowest BCUT2D eigenvalue weighted by Gasteiger charge is -2.21. The van der Waals surface area contributed by atoms with Gasteiger partial charge in [-0.1, -0.05) is 12.1 Å². The SMILES string of the molecule is CCn1nc(C)c2c(C(F)(F)C(F)(F)F)cc(=O)n(CC(=O)NCc3ccc(OC)cc3)c21. The van der Waals surface area contributed by atoms with Gasteiger partial charge in [0.15, 0.2) is 0 Å². The molecule has 178 valence electrons. The molecule has 0 fully saturated rings. The first-order valence-corrected chi connectivity index (χ1v) is 9.86. The number of aromatic nitrogens is 3. The lowest BCUT2D eigenvalue weighted by atomic mass is 10.0. The Balaban J connectivity index is 1.99. The van der Waals surface area contributed by atoms with Crippen LogP contribution >= 0.6 is 0 Å². The van der Waals surface area contributed by atoms with Crippen LogP contribution in [-0.4, -0.2) is 33.5 Å². The van der Waals surface area contributed by atoms with Crippen molar-refractivity contribution in [3.8, 4) is 5.75 Å². The number of hydrogen-bond donors (Lipinski definition) is 1. The van der Waals surface area contributed by atoms with E-state index in [1.165, 1.54) is 14.0 Å². The minimum absolute atomic E-state index is 0.0816. The van der Waals surface area contributed by atoms with Gasteiger partial charge >= 0.3 is 12.1 Å². The number of pyridine rings is 1. The van der Waals surface area contributed by atoms with Gasteiger partial charge in [0, 0.05) is 30.1 Å². The highest BCUT2D eigenvalue weighted by molar-refractivity contribution is 5.85. The van der Waals surface area contributed by atoms with Crippen molar-refractivity contribution in [2.75, 3.05) is 7.11 Å². The number of halogens is 5. The number of carbonyl (C=O) groups excluding carboxylic acids is 1. The lowest BCUT2D eigenvalue weighted by Crippen LogP contribution is -2.37. The first-order chi connectivity index (χ1) is 15.4. The number of aryl methyl sites for hydroxylation is 2. The zero-order valence-corrected chi connectivity index (χ0v) is 18.0. The van der Waals surface area contributed by atoms with Gasteiger partial charge in [-0.2, -0.15) is 27.1 Å².